The van der Waals surface area contributed by atoms with Crippen molar-refractivity contribution in [1.82, 2.24) is 14.5 Å². The summed E-state index contributed by atoms with van der Waals surface area (Å²) in [6, 6.07) is 1.33. The predicted molar refractivity (Wildman–Crippen MR) is 88.2 cm³/mol. The standard InChI is InChI=1S/C17H32N4/c1-13(2)21-12-19-11-16(21)15(10-18)20(5)14-6-8-17(3,4)9-7-14/h11-15H,6-10,18H2,1-5H3. The van der Waals surface area contributed by atoms with E-state index < -0.39 is 0 Å². The minimum Gasteiger partial charge on any atom is -0.331 e. The molecule has 1 aromatic rings. The summed E-state index contributed by atoms with van der Waals surface area (Å²) in [5, 5.41) is 0. The van der Waals surface area contributed by atoms with Gasteiger partial charge in [0.2, 0.25) is 0 Å². The molecule has 1 aromatic heterocycles. The van der Waals surface area contributed by atoms with Crippen molar-refractivity contribution in [2.24, 2.45) is 11.1 Å². The molecule has 21 heavy (non-hydrogen) atoms. The van der Waals surface area contributed by atoms with Gasteiger partial charge in [-0.1, -0.05) is 13.8 Å². The summed E-state index contributed by atoms with van der Waals surface area (Å²) in [6.45, 7) is 9.81. The zero-order valence-electron chi connectivity index (χ0n) is 14.3. The molecule has 120 valence electrons. The fraction of sp³-hybridized carbons (Fsp3) is 0.824. The van der Waals surface area contributed by atoms with Crippen molar-refractivity contribution < 1.29 is 0 Å². The van der Waals surface area contributed by atoms with Crippen LogP contribution < -0.4 is 5.73 Å². The van der Waals surface area contributed by atoms with Crippen molar-refractivity contribution in [1.29, 1.82) is 0 Å². The van der Waals surface area contributed by atoms with Gasteiger partial charge in [-0.05, 0) is 52.0 Å². The van der Waals surface area contributed by atoms with Gasteiger partial charge in [0.15, 0.2) is 0 Å². The van der Waals surface area contributed by atoms with Crippen LogP contribution in [0.5, 0.6) is 0 Å². The zero-order valence-corrected chi connectivity index (χ0v) is 14.3. The largest absolute Gasteiger partial charge is 0.331 e. The van der Waals surface area contributed by atoms with Crippen molar-refractivity contribution in [2.45, 2.75) is 71.5 Å². The van der Waals surface area contributed by atoms with Gasteiger partial charge < -0.3 is 10.3 Å². The van der Waals surface area contributed by atoms with Gasteiger partial charge in [0.1, 0.15) is 0 Å². The maximum absolute atomic E-state index is 6.11. The molecule has 1 heterocycles. The van der Waals surface area contributed by atoms with E-state index in [-0.39, 0.29) is 6.04 Å². The highest BCUT2D eigenvalue weighted by Gasteiger charge is 2.32. The van der Waals surface area contributed by atoms with Crippen LogP contribution in [0.2, 0.25) is 0 Å². The Morgan fingerprint density at radius 3 is 2.52 bits per heavy atom. The van der Waals surface area contributed by atoms with Crippen molar-refractivity contribution in [3.63, 3.8) is 0 Å². The van der Waals surface area contributed by atoms with Crippen molar-refractivity contribution in [3.8, 4) is 0 Å². The number of hydrogen-bond donors (Lipinski definition) is 1. The third-order valence-corrected chi connectivity index (χ3v) is 5.19. The van der Waals surface area contributed by atoms with E-state index in [0.717, 1.165) is 0 Å². The van der Waals surface area contributed by atoms with E-state index in [9.17, 15) is 0 Å². The molecule has 1 aliphatic carbocycles. The normalized spacial score (nSPS) is 21.1. The number of nitrogens with two attached hydrogens (primary N) is 1. The number of likely N-dealkylation sites (N-methyl/N-ethyl adjacent to an activating group) is 1. The average molecular weight is 292 g/mol. The molecular weight excluding hydrogens is 260 g/mol. The van der Waals surface area contributed by atoms with Crippen LogP contribution in [0.15, 0.2) is 12.5 Å². The Kier molecular flexibility index (Phi) is 5.10. The second-order valence-corrected chi connectivity index (χ2v) is 7.63. The fourth-order valence-corrected chi connectivity index (χ4v) is 3.55. The van der Waals surface area contributed by atoms with E-state index in [2.05, 4.69) is 49.2 Å². The van der Waals surface area contributed by atoms with E-state index in [1.165, 1.54) is 31.4 Å². The Balaban J connectivity index is 2.12. The van der Waals surface area contributed by atoms with Crippen LogP contribution in [0.25, 0.3) is 0 Å². The lowest BCUT2D eigenvalue weighted by atomic mass is 9.75. The van der Waals surface area contributed by atoms with E-state index in [1.807, 2.05) is 12.5 Å². The van der Waals surface area contributed by atoms with E-state index in [4.69, 9.17) is 5.73 Å². The Morgan fingerprint density at radius 2 is 2.00 bits per heavy atom. The Labute approximate surface area is 129 Å². The van der Waals surface area contributed by atoms with Gasteiger partial charge in [0, 0.05) is 24.8 Å². The first-order chi connectivity index (χ1) is 9.85. The summed E-state index contributed by atoms with van der Waals surface area (Å²) in [7, 11) is 2.23. The molecule has 1 atom stereocenters. The van der Waals surface area contributed by atoms with Crippen LogP contribution >= 0.6 is 0 Å². The monoisotopic (exact) mass is 292 g/mol. The predicted octanol–water partition coefficient (Wildman–Crippen LogP) is 3.36. The van der Waals surface area contributed by atoms with Crippen molar-refractivity contribution in [2.75, 3.05) is 13.6 Å². The van der Waals surface area contributed by atoms with Crippen LogP contribution in [0.1, 0.15) is 71.2 Å². The molecule has 1 fully saturated rings. The summed E-state index contributed by atoms with van der Waals surface area (Å²) >= 11 is 0. The van der Waals surface area contributed by atoms with Gasteiger partial charge in [-0.25, -0.2) is 4.98 Å². The molecule has 0 radical (unpaired) electrons. The smallest absolute Gasteiger partial charge is 0.0951 e. The highest BCUT2D eigenvalue weighted by Crippen LogP contribution is 2.38. The molecule has 1 saturated carbocycles. The van der Waals surface area contributed by atoms with Crippen LogP contribution in [0.3, 0.4) is 0 Å². The molecule has 1 aliphatic rings. The molecule has 4 nitrogen and oxygen atoms in total. The third kappa shape index (κ3) is 3.67. The van der Waals surface area contributed by atoms with Crippen molar-refractivity contribution in [3.05, 3.63) is 18.2 Å². The lowest BCUT2D eigenvalue weighted by Crippen LogP contribution is -2.42. The maximum Gasteiger partial charge on any atom is 0.0951 e. The number of imidazole rings is 1. The summed E-state index contributed by atoms with van der Waals surface area (Å²) in [6.07, 6.45) is 9.08. The van der Waals surface area contributed by atoms with Gasteiger partial charge in [-0.15, -0.1) is 0 Å². The average Bonchev–Trinajstić information content (AvgIpc) is 2.88. The zero-order chi connectivity index (χ0) is 15.6. The Morgan fingerprint density at radius 1 is 1.38 bits per heavy atom. The summed E-state index contributed by atoms with van der Waals surface area (Å²) < 4.78 is 2.25. The van der Waals surface area contributed by atoms with Gasteiger partial charge in [-0.3, -0.25) is 4.90 Å². The topological polar surface area (TPSA) is 47.1 Å². The number of hydrogen-bond acceptors (Lipinski definition) is 3. The number of rotatable bonds is 5. The van der Waals surface area contributed by atoms with E-state index in [1.54, 1.807) is 0 Å². The number of aromatic nitrogens is 2. The quantitative estimate of drug-likeness (QED) is 0.905. The SMILES string of the molecule is CC(C)n1cncc1C(CN)N(C)C1CCC(C)(C)CC1. The van der Waals surface area contributed by atoms with Crippen LogP contribution in [-0.4, -0.2) is 34.1 Å². The minimum atomic E-state index is 0.265. The van der Waals surface area contributed by atoms with Crippen LogP contribution in [0.4, 0.5) is 0 Å². The lowest BCUT2D eigenvalue weighted by Gasteiger charge is -2.41. The molecule has 0 spiro atoms. The molecule has 2 rings (SSSR count). The summed E-state index contributed by atoms with van der Waals surface area (Å²) in [4.78, 5) is 6.83. The van der Waals surface area contributed by atoms with Crippen LogP contribution in [0, 0.1) is 5.41 Å². The summed E-state index contributed by atoms with van der Waals surface area (Å²) in [5.74, 6) is 0. The second kappa shape index (κ2) is 6.49. The second-order valence-electron chi connectivity index (χ2n) is 7.63. The van der Waals surface area contributed by atoms with Gasteiger partial charge in [0.25, 0.3) is 0 Å². The van der Waals surface area contributed by atoms with Gasteiger partial charge in [0.05, 0.1) is 18.1 Å². The van der Waals surface area contributed by atoms with E-state index in [0.29, 0.717) is 24.0 Å². The minimum absolute atomic E-state index is 0.265. The van der Waals surface area contributed by atoms with Gasteiger partial charge in [-0.2, -0.15) is 0 Å². The maximum atomic E-state index is 6.11. The fourth-order valence-electron chi connectivity index (χ4n) is 3.55. The lowest BCUT2D eigenvalue weighted by molar-refractivity contribution is 0.0934. The Bertz CT molecular complexity index is 439. The van der Waals surface area contributed by atoms with Gasteiger partial charge >= 0.3 is 0 Å². The molecule has 0 amide bonds. The first kappa shape index (κ1) is 16.5. The molecule has 0 aliphatic heterocycles. The molecular formula is C17H32N4. The van der Waals surface area contributed by atoms with Crippen LogP contribution in [-0.2, 0) is 0 Å². The third-order valence-electron chi connectivity index (χ3n) is 5.19. The molecule has 0 saturated heterocycles. The first-order valence-electron chi connectivity index (χ1n) is 8.29. The molecule has 1 unspecified atom stereocenters. The van der Waals surface area contributed by atoms with E-state index >= 15 is 0 Å². The molecule has 0 aromatic carbocycles. The first-order valence-corrected chi connectivity index (χ1v) is 8.29. The Hall–Kier alpha value is -0.870. The molecule has 2 N–H and O–H groups in total. The molecule has 4 heteroatoms. The highest BCUT2D eigenvalue weighted by molar-refractivity contribution is 5.08. The summed E-state index contributed by atoms with van der Waals surface area (Å²) in [5.41, 5.74) is 7.87. The molecule has 0 bridgehead atoms. The number of nitrogens with zero attached hydrogens (tertiary/aromatic N) is 3. The highest BCUT2D eigenvalue weighted by atomic mass is 15.2. The van der Waals surface area contributed by atoms with Crippen molar-refractivity contribution >= 4 is 0 Å².